The van der Waals surface area contributed by atoms with Crippen molar-refractivity contribution in [3.63, 3.8) is 0 Å². The molecule has 0 aliphatic heterocycles. The van der Waals surface area contributed by atoms with Crippen LogP contribution in [0, 0.1) is 5.41 Å². The predicted octanol–water partition coefficient (Wildman–Crippen LogP) is 4.57. The fourth-order valence-corrected chi connectivity index (χ4v) is 3.33. The molecule has 1 aliphatic rings. The molecule has 1 unspecified atom stereocenters. The van der Waals surface area contributed by atoms with E-state index in [-0.39, 0.29) is 0 Å². The van der Waals surface area contributed by atoms with Gasteiger partial charge in [0.1, 0.15) is 0 Å². The van der Waals surface area contributed by atoms with Crippen LogP contribution < -0.4 is 5.32 Å². The topological polar surface area (TPSA) is 12.0 Å². The van der Waals surface area contributed by atoms with Crippen molar-refractivity contribution in [2.75, 3.05) is 6.54 Å². The molecule has 1 fully saturated rings. The summed E-state index contributed by atoms with van der Waals surface area (Å²) < 4.78 is 0. The first-order valence-corrected chi connectivity index (χ1v) is 7.02. The van der Waals surface area contributed by atoms with E-state index in [9.17, 15) is 0 Å². The third-order valence-electron chi connectivity index (χ3n) is 4.03. The van der Waals surface area contributed by atoms with E-state index >= 15 is 0 Å². The van der Waals surface area contributed by atoms with Crippen LogP contribution in [0.25, 0.3) is 0 Å². The van der Waals surface area contributed by atoms with E-state index in [0.717, 1.165) is 11.6 Å². The molecule has 0 spiro atoms. The molecule has 1 nitrogen and oxygen atoms in total. The molecule has 1 aromatic rings. The molecule has 2 rings (SSSR count). The molecule has 1 aromatic carbocycles. The summed E-state index contributed by atoms with van der Waals surface area (Å²) in [6.07, 6.45) is 5.35. The lowest BCUT2D eigenvalue weighted by atomic mass is 9.77. The van der Waals surface area contributed by atoms with E-state index < -0.39 is 0 Å². The van der Waals surface area contributed by atoms with Crippen LogP contribution in [-0.2, 0) is 0 Å². The summed E-state index contributed by atoms with van der Waals surface area (Å²) in [5, 5.41) is 4.49. The van der Waals surface area contributed by atoms with E-state index in [4.69, 9.17) is 11.6 Å². The molecule has 0 saturated heterocycles. The first-order chi connectivity index (χ1) is 8.15. The Morgan fingerprint density at radius 3 is 2.65 bits per heavy atom. The van der Waals surface area contributed by atoms with Crippen LogP contribution in [0.4, 0.5) is 0 Å². The third kappa shape index (κ3) is 2.83. The third-order valence-corrected chi connectivity index (χ3v) is 4.27. The van der Waals surface area contributed by atoms with Crippen LogP contribution in [0.1, 0.15) is 51.1 Å². The van der Waals surface area contributed by atoms with E-state index in [0.29, 0.717) is 11.5 Å². The number of hydrogen-bond donors (Lipinski definition) is 1. The van der Waals surface area contributed by atoms with Crippen LogP contribution in [0.2, 0.25) is 5.02 Å². The SMILES string of the molecule is CCNC(c1cccc(Cl)c1)C1(C)CCCC1. The Bertz CT molecular complexity index is 369. The second-order valence-electron chi connectivity index (χ2n) is 5.41. The summed E-state index contributed by atoms with van der Waals surface area (Å²) in [4.78, 5) is 0. The van der Waals surface area contributed by atoms with Gasteiger partial charge in [-0.2, -0.15) is 0 Å². The van der Waals surface area contributed by atoms with Crippen molar-refractivity contribution in [3.05, 3.63) is 34.9 Å². The van der Waals surface area contributed by atoms with Crippen molar-refractivity contribution >= 4 is 11.6 Å². The summed E-state index contributed by atoms with van der Waals surface area (Å²) >= 11 is 6.11. The van der Waals surface area contributed by atoms with Crippen molar-refractivity contribution in [2.24, 2.45) is 5.41 Å². The van der Waals surface area contributed by atoms with Crippen LogP contribution in [0.3, 0.4) is 0 Å². The Hall–Kier alpha value is -0.530. The highest BCUT2D eigenvalue weighted by molar-refractivity contribution is 6.30. The molecule has 94 valence electrons. The molecule has 0 radical (unpaired) electrons. The van der Waals surface area contributed by atoms with Crippen molar-refractivity contribution in [1.29, 1.82) is 0 Å². The zero-order valence-electron chi connectivity index (χ0n) is 10.8. The highest BCUT2D eigenvalue weighted by Gasteiger charge is 2.37. The fraction of sp³-hybridized carbons (Fsp3) is 0.600. The highest BCUT2D eigenvalue weighted by atomic mass is 35.5. The van der Waals surface area contributed by atoms with Crippen molar-refractivity contribution in [1.82, 2.24) is 5.32 Å². The molecule has 17 heavy (non-hydrogen) atoms. The van der Waals surface area contributed by atoms with Crippen LogP contribution in [-0.4, -0.2) is 6.54 Å². The lowest BCUT2D eigenvalue weighted by molar-refractivity contribution is 0.226. The lowest BCUT2D eigenvalue weighted by Gasteiger charge is -2.35. The normalized spacial score (nSPS) is 20.4. The maximum atomic E-state index is 6.11. The quantitative estimate of drug-likeness (QED) is 0.827. The Kier molecular flexibility index (Phi) is 4.11. The average molecular weight is 252 g/mol. The second kappa shape index (κ2) is 5.41. The Morgan fingerprint density at radius 1 is 1.35 bits per heavy atom. The van der Waals surface area contributed by atoms with E-state index in [1.165, 1.54) is 31.2 Å². The molecule has 2 heteroatoms. The van der Waals surface area contributed by atoms with Gasteiger partial charge in [-0.15, -0.1) is 0 Å². The minimum Gasteiger partial charge on any atom is -0.310 e. The van der Waals surface area contributed by atoms with Gasteiger partial charge in [-0.3, -0.25) is 0 Å². The standard InChI is InChI=1S/C15H22ClN/c1-3-17-14(15(2)9-4-5-10-15)12-7-6-8-13(16)11-12/h6-8,11,14,17H,3-5,9-10H2,1-2H3. The van der Waals surface area contributed by atoms with Gasteiger partial charge in [0, 0.05) is 11.1 Å². The molecule has 0 amide bonds. The van der Waals surface area contributed by atoms with Gasteiger partial charge < -0.3 is 5.32 Å². The largest absolute Gasteiger partial charge is 0.310 e. The second-order valence-corrected chi connectivity index (χ2v) is 5.84. The van der Waals surface area contributed by atoms with Crippen LogP contribution in [0.15, 0.2) is 24.3 Å². The van der Waals surface area contributed by atoms with Gasteiger partial charge in [0.05, 0.1) is 0 Å². The number of benzene rings is 1. The van der Waals surface area contributed by atoms with Gasteiger partial charge in [0.25, 0.3) is 0 Å². The molecular formula is C15H22ClN. The molecular weight excluding hydrogens is 230 g/mol. The molecule has 1 saturated carbocycles. The summed E-state index contributed by atoms with van der Waals surface area (Å²) in [5.41, 5.74) is 1.73. The zero-order chi connectivity index (χ0) is 12.3. The molecule has 1 atom stereocenters. The Balaban J connectivity index is 2.28. The predicted molar refractivity (Wildman–Crippen MR) is 74.4 cm³/mol. The minimum absolute atomic E-state index is 0.390. The molecule has 1 N–H and O–H groups in total. The number of halogens is 1. The Morgan fingerprint density at radius 2 is 2.06 bits per heavy atom. The summed E-state index contributed by atoms with van der Waals surface area (Å²) in [6, 6.07) is 8.75. The van der Waals surface area contributed by atoms with Crippen molar-refractivity contribution < 1.29 is 0 Å². The van der Waals surface area contributed by atoms with Gasteiger partial charge in [0.15, 0.2) is 0 Å². The summed E-state index contributed by atoms with van der Waals surface area (Å²) in [5.74, 6) is 0. The van der Waals surface area contributed by atoms with Gasteiger partial charge in [-0.05, 0) is 42.5 Å². The first-order valence-electron chi connectivity index (χ1n) is 6.64. The van der Waals surface area contributed by atoms with Crippen LogP contribution in [0.5, 0.6) is 0 Å². The maximum Gasteiger partial charge on any atom is 0.0409 e. The average Bonchev–Trinajstić information content (AvgIpc) is 2.74. The lowest BCUT2D eigenvalue weighted by Crippen LogP contribution is -2.34. The van der Waals surface area contributed by atoms with E-state index in [2.05, 4.69) is 37.4 Å². The summed E-state index contributed by atoms with van der Waals surface area (Å²) in [7, 11) is 0. The van der Waals surface area contributed by atoms with Crippen molar-refractivity contribution in [3.8, 4) is 0 Å². The number of rotatable bonds is 4. The highest BCUT2D eigenvalue weighted by Crippen LogP contribution is 2.47. The number of nitrogens with one attached hydrogen (secondary N) is 1. The van der Waals surface area contributed by atoms with Gasteiger partial charge >= 0.3 is 0 Å². The molecule has 0 bridgehead atoms. The van der Waals surface area contributed by atoms with Crippen LogP contribution >= 0.6 is 11.6 Å². The number of hydrogen-bond acceptors (Lipinski definition) is 1. The molecule has 0 heterocycles. The smallest absolute Gasteiger partial charge is 0.0409 e. The fourth-order valence-electron chi connectivity index (χ4n) is 3.13. The summed E-state index contributed by atoms with van der Waals surface area (Å²) in [6.45, 7) is 5.59. The first kappa shape index (κ1) is 12.9. The minimum atomic E-state index is 0.390. The van der Waals surface area contributed by atoms with Gasteiger partial charge in [-0.25, -0.2) is 0 Å². The zero-order valence-corrected chi connectivity index (χ0v) is 11.6. The molecule has 1 aliphatic carbocycles. The monoisotopic (exact) mass is 251 g/mol. The van der Waals surface area contributed by atoms with Crippen molar-refractivity contribution in [2.45, 2.75) is 45.6 Å². The van der Waals surface area contributed by atoms with E-state index in [1.807, 2.05) is 6.07 Å². The van der Waals surface area contributed by atoms with E-state index in [1.54, 1.807) is 0 Å². The Labute approximate surface area is 110 Å². The maximum absolute atomic E-state index is 6.11. The van der Waals surface area contributed by atoms with Gasteiger partial charge in [0.2, 0.25) is 0 Å². The van der Waals surface area contributed by atoms with Gasteiger partial charge in [-0.1, -0.05) is 50.4 Å². The molecule has 0 aromatic heterocycles.